The van der Waals surface area contributed by atoms with Crippen LogP contribution in [0.25, 0.3) is 0 Å². The fraction of sp³-hybridized carbons (Fsp3) is 0.0769. The van der Waals surface area contributed by atoms with Gasteiger partial charge in [0.2, 0.25) is 5.88 Å². The number of aryl methyl sites for hydroxylation is 1. The number of benzene rings is 1. The first-order valence-corrected chi connectivity index (χ1v) is 6.10. The van der Waals surface area contributed by atoms with Crippen molar-refractivity contribution >= 4 is 21.8 Å². The second-order valence-electron chi connectivity index (χ2n) is 3.81. The Morgan fingerprint density at radius 3 is 2.67 bits per heavy atom. The molecular formula is C13H12BrN3O. The second-order valence-corrected chi connectivity index (χ2v) is 4.73. The standard InChI is InChI=1S/C13H12BrN3O/c1-8-6-10(14)3-4-11(8)18-12-5-2-9(7-17-12)13(15)16/h2-7H,1H3,(H3,15,16). The molecule has 1 aromatic carbocycles. The molecule has 0 unspecified atom stereocenters. The summed E-state index contributed by atoms with van der Waals surface area (Å²) in [5.41, 5.74) is 6.95. The van der Waals surface area contributed by atoms with Gasteiger partial charge in [-0.1, -0.05) is 15.9 Å². The monoisotopic (exact) mass is 305 g/mol. The van der Waals surface area contributed by atoms with E-state index >= 15 is 0 Å². The lowest BCUT2D eigenvalue weighted by atomic mass is 10.2. The number of nitrogens with zero attached hydrogens (tertiary/aromatic N) is 1. The Bertz CT molecular complexity index is 581. The number of amidine groups is 1. The summed E-state index contributed by atoms with van der Waals surface area (Å²) in [6, 6.07) is 9.16. The number of halogens is 1. The number of hydrogen-bond donors (Lipinski definition) is 2. The summed E-state index contributed by atoms with van der Waals surface area (Å²) < 4.78 is 6.66. The van der Waals surface area contributed by atoms with Crippen LogP contribution in [0.3, 0.4) is 0 Å². The highest BCUT2D eigenvalue weighted by Gasteiger charge is 2.04. The molecule has 2 aromatic rings. The fourth-order valence-corrected chi connectivity index (χ4v) is 1.92. The Morgan fingerprint density at radius 2 is 2.11 bits per heavy atom. The van der Waals surface area contributed by atoms with Gasteiger partial charge in [0.15, 0.2) is 0 Å². The molecule has 0 spiro atoms. The van der Waals surface area contributed by atoms with E-state index in [0.717, 1.165) is 15.8 Å². The van der Waals surface area contributed by atoms with E-state index in [-0.39, 0.29) is 5.84 Å². The van der Waals surface area contributed by atoms with E-state index in [2.05, 4.69) is 20.9 Å². The third-order valence-electron chi connectivity index (χ3n) is 2.40. The molecule has 2 rings (SSSR count). The van der Waals surface area contributed by atoms with Gasteiger partial charge in [0.05, 0.1) is 0 Å². The molecule has 18 heavy (non-hydrogen) atoms. The Balaban J connectivity index is 2.21. The lowest BCUT2D eigenvalue weighted by Gasteiger charge is -2.08. The number of nitrogens with two attached hydrogens (primary N) is 1. The number of ether oxygens (including phenoxy) is 1. The first-order valence-electron chi connectivity index (χ1n) is 5.31. The average molecular weight is 306 g/mol. The molecule has 92 valence electrons. The summed E-state index contributed by atoms with van der Waals surface area (Å²) >= 11 is 3.40. The van der Waals surface area contributed by atoms with E-state index in [9.17, 15) is 0 Å². The molecule has 0 saturated carbocycles. The fourth-order valence-electron chi connectivity index (χ4n) is 1.44. The summed E-state index contributed by atoms with van der Waals surface area (Å²) in [5, 5.41) is 7.28. The van der Waals surface area contributed by atoms with Gasteiger partial charge in [-0.2, -0.15) is 0 Å². The molecule has 3 N–H and O–H groups in total. The zero-order valence-corrected chi connectivity index (χ0v) is 11.4. The molecule has 0 radical (unpaired) electrons. The molecule has 1 aromatic heterocycles. The lowest BCUT2D eigenvalue weighted by molar-refractivity contribution is 0.459. The Labute approximate surface area is 113 Å². The third kappa shape index (κ3) is 2.87. The normalized spacial score (nSPS) is 10.1. The van der Waals surface area contributed by atoms with Crippen molar-refractivity contribution in [1.29, 1.82) is 5.41 Å². The average Bonchev–Trinajstić information content (AvgIpc) is 2.33. The van der Waals surface area contributed by atoms with E-state index in [1.165, 1.54) is 6.20 Å². The van der Waals surface area contributed by atoms with Crippen molar-refractivity contribution in [2.45, 2.75) is 6.92 Å². The first-order chi connectivity index (χ1) is 8.56. The van der Waals surface area contributed by atoms with Crippen LogP contribution in [-0.2, 0) is 0 Å². The molecule has 1 heterocycles. The maximum Gasteiger partial charge on any atom is 0.219 e. The van der Waals surface area contributed by atoms with Gasteiger partial charge in [-0.05, 0) is 36.8 Å². The molecular weight excluding hydrogens is 294 g/mol. The van der Waals surface area contributed by atoms with Crippen LogP contribution in [0.5, 0.6) is 11.6 Å². The van der Waals surface area contributed by atoms with E-state index in [0.29, 0.717) is 11.4 Å². The van der Waals surface area contributed by atoms with E-state index in [4.69, 9.17) is 15.9 Å². The van der Waals surface area contributed by atoms with Gasteiger partial charge in [-0.25, -0.2) is 4.98 Å². The highest BCUT2D eigenvalue weighted by atomic mass is 79.9. The van der Waals surface area contributed by atoms with Crippen LogP contribution >= 0.6 is 15.9 Å². The zero-order valence-electron chi connectivity index (χ0n) is 9.77. The molecule has 0 aliphatic carbocycles. The SMILES string of the molecule is Cc1cc(Br)ccc1Oc1ccc(C(=N)N)cn1. The van der Waals surface area contributed by atoms with Crippen molar-refractivity contribution in [3.05, 3.63) is 52.1 Å². The summed E-state index contributed by atoms with van der Waals surface area (Å²) in [6.07, 6.45) is 1.52. The van der Waals surface area contributed by atoms with Crippen molar-refractivity contribution in [3.63, 3.8) is 0 Å². The molecule has 0 bridgehead atoms. The number of aromatic nitrogens is 1. The maximum absolute atomic E-state index is 7.28. The molecule has 0 amide bonds. The predicted molar refractivity (Wildman–Crippen MR) is 74.2 cm³/mol. The van der Waals surface area contributed by atoms with Crippen molar-refractivity contribution in [3.8, 4) is 11.6 Å². The minimum absolute atomic E-state index is 0.00567. The van der Waals surface area contributed by atoms with Crippen LogP contribution in [0.15, 0.2) is 41.0 Å². The van der Waals surface area contributed by atoms with Gasteiger partial charge in [0, 0.05) is 22.3 Å². The van der Waals surface area contributed by atoms with Gasteiger partial charge in [0.25, 0.3) is 0 Å². The first kappa shape index (κ1) is 12.6. The van der Waals surface area contributed by atoms with Gasteiger partial charge in [-0.3, -0.25) is 5.41 Å². The summed E-state index contributed by atoms with van der Waals surface area (Å²) in [4.78, 5) is 4.10. The molecule has 0 atom stereocenters. The number of pyridine rings is 1. The van der Waals surface area contributed by atoms with Gasteiger partial charge < -0.3 is 10.5 Å². The lowest BCUT2D eigenvalue weighted by Crippen LogP contribution is -2.11. The highest BCUT2D eigenvalue weighted by molar-refractivity contribution is 9.10. The molecule has 5 heteroatoms. The minimum atomic E-state index is -0.00567. The molecule has 0 saturated heterocycles. The van der Waals surface area contributed by atoms with E-state index in [1.807, 2.05) is 25.1 Å². The highest BCUT2D eigenvalue weighted by Crippen LogP contribution is 2.26. The van der Waals surface area contributed by atoms with Crippen LogP contribution in [0.1, 0.15) is 11.1 Å². The van der Waals surface area contributed by atoms with Crippen LogP contribution in [0.4, 0.5) is 0 Å². The van der Waals surface area contributed by atoms with Gasteiger partial charge >= 0.3 is 0 Å². The third-order valence-corrected chi connectivity index (χ3v) is 2.89. The molecule has 0 aliphatic rings. The largest absolute Gasteiger partial charge is 0.439 e. The van der Waals surface area contributed by atoms with E-state index < -0.39 is 0 Å². The van der Waals surface area contributed by atoms with Crippen LogP contribution in [-0.4, -0.2) is 10.8 Å². The summed E-state index contributed by atoms with van der Waals surface area (Å²) in [6.45, 7) is 1.96. The summed E-state index contributed by atoms with van der Waals surface area (Å²) in [5.74, 6) is 1.22. The van der Waals surface area contributed by atoms with Crippen molar-refractivity contribution in [2.75, 3.05) is 0 Å². The topological polar surface area (TPSA) is 72.0 Å². The van der Waals surface area contributed by atoms with Crippen LogP contribution in [0.2, 0.25) is 0 Å². The second kappa shape index (κ2) is 5.18. The van der Waals surface area contributed by atoms with Crippen LogP contribution < -0.4 is 10.5 Å². The minimum Gasteiger partial charge on any atom is -0.439 e. The zero-order chi connectivity index (χ0) is 13.1. The number of nitrogens with one attached hydrogen (secondary N) is 1. The van der Waals surface area contributed by atoms with Gasteiger partial charge in [-0.15, -0.1) is 0 Å². The number of rotatable bonds is 3. The molecule has 0 fully saturated rings. The van der Waals surface area contributed by atoms with Crippen LogP contribution in [0, 0.1) is 12.3 Å². The summed E-state index contributed by atoms with van der Waals surface area (Å²) in [7, 11) is 0. The predicted octanol–water partition coefficient (Wildman–Crippen LogP) is 3.23. The van der Waals surface area contributed by atoms with Crippen molar-refractivity contribution in [1.82, 2.24) is 4.98 Å². The quantitative estimate of drug-likeness (QED) is 0.675. The van der Waals surface area contributed by atoms with Gasteiger partial charge in [0.1, 0.15) is 11.6 Å². The molecule has 4 nitrogen and oxygen atoms in total. The van der Waals surface area contributed by atoms with Crippen molar-refractivity contribution < 1.29 is 4.74 Å². The smallest absolute Gasteiger partial charge is 0.219 e. The Kier molecular flexibility index (Phi) is 3.62. The van der Waals surface area contributed by atoms with Crippen molar-refractivity contribution in [2.24, 2.45) is 5.73 Å². The molecule has 0 aliphatic heterocycles. The maximum atomic E-state index is 7.28. The number of nitrogen functional groups attached to an aromatic ring is 1. The Morgan fingerprint density at radius 1 is 1.33 bits per heavy atom. The number of hydrogen-bond acceptors (Lipinski definition) is 3. The van der Waals surface area contributed by atoms with E-state index in [1.54, 1.807) is 12.1 Å². The Hall–Kier alpha value is -1.88.